The van der Waals surface area contributed by atoms with E-state index >= 15 is 0 Å². The number of nitrogens with one attached hydrogen (secondary N) is 2. The van der Waals surface area contributed by atoms with Crippen molar-refractivity contribution in [2.24, 2.45) is 0 Å². The average molecular weight is 516 g/mol. The van der Waals surface area contributed by atoms with E-state index in [-0.39, 0.29) is 28.7 Å². The largest absolute Gasteiger partial charge is 0.454 e. The Kier molecular flexibility index (Phi) is 8.43. The number of aryl methyl sites for hydroxylation is 1. The summed E-state index contributed by atoms with van der Waals surface area (Å²) in [5.41, 5.74) is 0.0634. The third kappa shape index (κ3) is 6.74. The maximum Gasteiger partial charge on any atom is 0.325 e. The molecule has 2 amide bonds. The fourth-order valence-electron chi connectivity index (χ4n) is 2.88. The van der Waals surface area contributed by atoms with E-state index in [1.54, 1.807) is 12.1 Å². The Morgan fingerprint density at radius 1 is 1.18 bits per heavy atom. The van der Waals surface area contributed by atoms with Crippen LogP contribution < -0.4 is 10.6 Å². The number of amides is 2. The number of hydrogen-bond donors (Lipinski definition) is 2. The van der Waals surface area contributed by atoms with E-state index in [1.165, 1.54) is 33.8 Å². The first kappa shape index (κ1) is 25.1. The Labute approximate surface area is 199 Å². The van der Waals surface area contributed by atoms with E-state index in [0.717, 1.165) is 4.88 Å². The van der Waals surface area contributed by atoms with E-state index in [4.69, 9.17) is 21.1 Å². The number of anilines is 1. The van der Waals surface area contributed by atoms with Crippen molar-refractivity contribution in [2.75, 3.05) is 44.8 Å². The van der Waals surface area contributed by atoms with Gasteiger partial charge >= 0.3 is 5.97 Å². The van der Waals surface area contributed by atoms with Crippen molar-refractivity contribution < 1.29 is 32.3 Å². The van der Waals surface area contributed by atoms with Crippen LogP contribution in [0.25, 0.3) is 0 Å². The predicted octanol–water partition coefficient (Wildman–Crippen LogP) is 1.64. The van der Waals surface area contributed by atoms with Crippen LogP contribution in [0.4, 0.5) is 5.69 Å². The van der Waals surface area contributed by atoms with Gasteiger partial charge in [0.25, 0.3) is 11.8 Å². The molecule has 10 nitrogen and oxygen atoms in total. The first-order valence-electron chi connectivity index (χ1n) is 9.84. The second-order valence-corrected chi connectivity index (χ2v) is 10.6. The van der Waals surface area contributed by atoms with Crippen LogP contribution in [0.3, 0.4) is 0 Å². The van der Waals surface area contributed by atoms with Gasteiger partial charge in [-0.25, -0.2) is 8.42 Å². The average Bonchev–Trinajstić information content (AvgIpc) is 3.24. The van der Waals surface area contributed by atoms with Crippen LogP contribution in [0, 0.1) is 6.92 Å². The van der Waals surface area contributed by atoms with Gasteiger partial charge in [-0.15, -0.1) is 11.3 Å². The number of esters is 1. The molecule has 0 spiro atoms. The molecule has 1 fully saturated rings. The number of sulfonamides is 1. The van der Waals surface area contributed by atoms with Crippen molar-refractivity contribution in [1.82, 2.24) is 9.62 Å². The molecule has 0 bridgehead atoms. The fourth-order valence-corrected chi connectivity index (χ4v) is 5.26. The van der Waals surface area contributed by atoms with Crippen LogP contribution in [-0.2, 0) is 29.1 Å². The molecule has 1 aliphatic rings. The minimum absolute atomic E-state index is 0.0346. The summed E-state index contributed by atoms with van der Waals surface area (Å²) in [6.07, 6.45) is 0. The van der Waals surface area contributed by atoms with Crippen LogP contribution in [0.15, 0.2) is 35.2 Å². The molecule has 3 rings (SSSR count). The summed E-state index contributed by atoms with van der Waals surface area (Å²) in [5.74, 6) is -1.94. The number of thiophene rings is 1. The van der Waals surface area contributed by atoms with Gasteiger partial charge in [0.2, 0.25) is 10.0 Å². The number of halogens is 1. The zero-order valence-electron chi connectivity index (χ0n) is 17.6. The minimum Gasteiger partial charge on any atom is -0.454 e. The van der Waals surface area contributed by atoms with Gasteiger partial charge in [0.15, 0.2) is 6.61 Å². The number of benzene rings is 1. The van der Waals surface area contributed by atoms with Gasteiger partial charge in [0.05, 0.1) is 33.7 Å². The summed E-state index contributed by atoms with van der Waals surface area (Å²) >= 11 is 7.37. The van der Waals surface area contributed by atoms with Crippen molar-refractivity contribution in [3.8, 4) is 0 Å². The number of nitrogens with zero attached hydrogens (tertiary/aromatic N) is 1. The molecule has 0 aliphatic carbocycles. The molecule has 0 atom stereocenters. The molecule has 13 heteroatoms. The fraction of sp³-hybridized carbons (Fsp3) is 0.350. The lowest BCUT2D eigenvalue weighted by Gasteiger charge is -2.26. The molecule has 1 saturated heterocycles. The molecule has 1 aromatic carbocycles. The van der Waals surface area contributed by atoms with E-state index in [2.05, 4.69) is 10.6 Å². The molecule has 2 N–H and O–H groups in total. The Morgan fingerprint density at radius 3 is 2.58 bits per heavy atom. The standard InChI is InChI=1S/C20H22ClN3O7S2/c1-13-2-5-17(32-13)20(27)22-11-19(26)31-12-18(25)23-16-10-14(3-4-15(16)21)33(28,29)24-6-8-30-9-7-24/h2-5,10H,6-9,11-12H2,1H3,(H,22,27)(H,23,25). The lowest BCUT2D eigenvalue weighted by atomic mass is 10.3. The van der Waals surface area contributed by atoms with Crippen molar-refractivity contribution in [2.45, 2.75) is 11.8 Å². The number of carbonyl (C=O) groups is 3. The lowest BCUT2D eigenvalue weighted by molar-refractivity contribution is -0.146. The first-order chi connectivity index (χ1) is 15.7. The molecule has 33 heavy (non-hydrogen) atoms. The van der Waals surface area contributed by atoms with Gasteiger partial charge in [-0.3, -0.25) is 14.4 Å². The zero-order valence-corrected chi connectivity index (χ0v) is 20.0. The van der Waals surface area contributed by atoms with Crippen LogP contribution in [0.5, 0.6) is 0 Å². The van der Waals surface area contributed by atoms with Crippen LogP contribution in [-0.4, -0.2) is 70.0 Å². The van der Waals surface area contributed by atoms with Crippen LogP contribution in [0.2, 0.25) is 5.02 Å². The smallest absolute Gasteiger partial charge is 0.325 e. The summed E-state index contributed by atoms with van der Waals surface area (Å²) in [4.78, 5) is 37.3. The van der Waals surface area contributed by atoms with Gasteiger partial charge in [-0.2, -0.15) is 4.31 Å². The highest BCUT2D eigenvalue weighted by Crippen LogP contribution is 2.27. The molecule has 1 aliphatic heterocycles. The number of carbonyl (C=O) groups excluding carboxylic acids is 3. The highest BCUT2D eigenvalue weighted by atomic mass is 35.5. The Morgan fingerprint density at radius 2 is 1.91 bits per heavy atom. The first-order valence-corrected chi connectivity index (χ1v) is 12.5. The van der Waals surface area contributed by atoms with Gasteiger partial charge in [0, 0.05) is 18.0 Å². The van der Waals surface area contributed by atoms with Gasteiger partial charge in [-0.1, -0.05) is 11.6 Å². The molecule has 178 valence electrons. The van der Waals surface area contributed by atoms with Crippen molar-refractivity contribution >= 4 is 56.4 Å². The summed E-state index contributed by atoms with van der Waals surface area (Å²) in [7, 11) is -3.78. The van der Waals surface area contributed by atoms with Crippen molar-refractivity contribution in [1.29, 1.82) is 0 Å². The number of hydrogen-bond acceptors (Lipinski definition) is 8. The van der Waals surface area contributed by atoms with Gasteiger partial charge < -0.3 is 20.1 Å². The Hall–Kier alpha value is -2.51. The van der Waals surface area contributed by atoms with Crippen molar-refractivity contribution in [3.63, 3.8) is 0 Å². The Balaban J connectivity index is 1.53. The highest BCUT2D eigenvalue weighted by molar-refractivity contribution is 7.89. The number of ether oxygens (including phenoxy) is 2. The molecule has 0 unspecified atom stereocenters. The zero-order chi connectivity index (χ0) is 24.0. The summed E-state index contributed by atoms with van der Waals surface area (Å²) in [5, 5.41) is 4.97. The molecule has 2 heterocycles. The summed E-state index contributed by atoms with van der Waals surface area (Å²) in [6.45, 7) is 1.87. The molecule has 1 aromatic heterocycles. The maximum absolute atomic E-state index is 12.8. The van der Waals surface area contributed by atoms with E-state index in [9.17, 15) is 22.8 Å². The normalized spacial score (nSPS) is 14.5. The molecule has 2 aromatic rings. The third-order valence-electron chi connectivity index (χ3n) is 4.54. The number of morpholine rings is 1. The van der Waals surface area contributed by atoms with Crippen LogP contribution in [0.1, 0.15) is 14.5 Å². The second-order valence-electron chi connectivity index (χ2n) is 6.96. The molecule has 0 saturated carbocycles. The summed E-state index contributed by atoms with van der Waals surface area (Å²) in [6, 6.07) is 7.38. The van der Waals surface area contributed by atoms with E-state index in [1.807, 2.05) is 6.92 Å². The number of rotatable bonds is 8. The monoisotopic (exact) mass is 515 g/mol. The van der Waals surface area contributed by atoms with Crippen LogP contribution >= 0.6 is 22.9 Å². The minimum atomic E-state index is -3.78. The van der Waals surface area contributed by atoms with E-state index < -0.39 is 41.0 Å². The molecular formula is C20H22ClN3O7S2. The SMILES string of the molecule is Cc1ccc(C(=O)NCC(=O)OCC(=O)Nc2cc(S(=O)(=O)N3CCOCC3)ccc2Cl)s1. The second kappa shape index (κ2) is 11.1. The predicted molar refractivity (Wildman–Crippen MR) is 122 cm³/mol. The topological polar surface area (TPSA) is 131 Å². The molecular weight excluding hydrogens is 494 g/mol. The highest BCUT2D eigenvalue weighted by Gasteiger charge is 2.27. The Bertz CT molecular complexity index is 1140. The maximum atomic E-state index is 12.8. The quantitative estimate of drug-likeness (QED) is 0.511. The third-order valence-corrected chi connectivity index (χ3v) is 7.77. The lowest BCUT2D eigenvalue weighted by Crippen LogP contribution is -2.40. The van der Waals surface area contributed by atoms with Gasteiger partial charge in [-0.05, 0) is 37.3 Å². The summed E-state index contributed by atoms with van der Waals surface area (Å²) < 4.78 is 36.9. The van der Waals surface area contributed by atoms with Crippen molar-refractivity contribution in [3.05, 3.63) is 45.1 Å². The van der Waals surface area contributed by atoms with E-state index in [0.29, 0.717) is 18.1 Å². The molecule has 0 radical (unpaired) electrons. The van der Waals surface area contributed by atoms with Gasteiger partial charge in [0.1, 0.15) is 6.54 Å².